The molecule has 1 saturated heterocycles. The van der Waals surface area contributed by atoms with Crippen LogP contribution in [0.25, 0.3) is 0 Å². The predicted octanol–water partition coefficient (Wildman–Crippen LogP) is 0.682. The van der Waals surface area contributed by atoms with Crippen molar-refractivity contribution in [2.75, 3.05) is 5.17 Å². The van der Waals surface area contributed by atoms with Crippen LogP contribution in [0.1, 0.15) is 12.5 Å². The second kappa shape index (κ2) is 3.78. The van der Waals surface area contributed by atoms with Gasteiger partial charge >= 0.3 is 10.4 Å². The van der Waals surface area contributed by atoms with Crippen LogP contribution in [0.3, 0.4) is 0 Å². The van der Waals surface area contributed by atoms with Gasteiger partial charge < -0.3 is 0 Å². The molecular formula is C8H10N2O4S. The summed E-state index contributed by atoms with van der Waals surface area (Å²) in [6.45, 7) is 1.96. The van der Waals surface area contributed by atoms with Crippen LogP contribution in [-0.2, 0) is 25.4 Å². The quantitative estimate of drug-likeness (QED) is 0.805. The van der Waals surface area contributed by atoms with E-state index in [1.54, 1.807) is 12.1 Å². The lowest BCUT2D eigenvalue weighted by molar-refractivity contribution is 0.197. The summed E-state index contributed by atoms with van der Waals surface area (Å²) in [6, 6.07) is 7.26. The Morgan fingerprint density at radius 3 is 2.73 bits per heavy atom. The van der Waals surface area contributed by atoms with Crippen LogP contribution < -0.4 is 10.8 Å². The molecule has 82 valence electrons. The summed E-state index contributed by atoms with van der Waals surface area (Å²) in [5.74, 6) is 0. The van der Waals surface area contributed by atoms with Crippen LogP contribution in [0, 0.1) is 0 Å². The number of nitrogens with one attached hydrogen (secondary N) is 1. The summed E-state index contributed by atoms with van der Waals surface area (Å²) in [4.78, 5) is 0. The summed E-state index contributed by atoms with van der Waals surface area (Å²) in [6.07, 6.45) is 0.762. The smallest absolute Gasteiger partial charge is 0.165 e. The number of para-hydroxylation sites is 1. The van der Waals surface area contributed by atoms with E-state index in [2.05, 4.69) is 14.2 Å². The molecule has 0 spiro atoms. The van der Waals surface area contributed by atoms with Gasteiger partial charge in [-0.15, -0.1) is 13.7 Å². The Morgan fingerprint density at radius 1 is 1.40 bits per heavy atom. The monoisotopic (exact) mass is 230 g/mol. The van der Waals surface area contributed by atoms with Crippen LogP contribution in [0.15, 0.2) is 24.3 Å². The number of rotatable bonds is 2. The number of benzene rings is 1. The highest BCUT2D eigenvalue weighted by atomic mass is 32.3. The zero-order valence-electron chi connectivity index (χ0n) is 8.00. The molecule has 0 saturated carbocycles. The fraction of sp³-hybridized carbons (Fsp3) is 0.250. The Kier molecular flexibility index (Phi) is 2.61. The lowest BCUT2D eigenvalue weighted by atomic mass is 10.1. The molecule has 1 aliphatic heterocycles. The van der Waals surface area contributed by atoms with Crippen molar-refractivity contribution in [3.8, 4) is 0 Å². The van der Waals surface area contributed by atoms with E-state index in [0.717, 1.165) is 17.2 Å². The van der Waals surface area contributed by atoms with Crippen molar-refractivity contribution < 1.29 is 17.0 Å². The molecule has 0 amide bonds. The van der Waals surface area contributed by atoms with Gasteiger partial charge in [-0.1, -0.05) is 30.7 Å². The third kappa shape index (κ3) is 2.10. The van der Waals surface area contributed by atoms with E-state index in [1.807, 2.05) is 19.1 Å². The summed E-state index contributed by atoms with van der Waals surface area (Å²) in [5, 5.41) is 0.980. The maximum Gasteiger partial charge on any atom is 0.440 e. The average molecular weight is 230 g/mol. The SMILES string of the molecule is CCc1ccccc1N1NOS(=O)(=O)O1. The number of hydrazine groups is 1. The lowest BCUT2D eigenvalue weighted by Gasteiger charge is -2.14. The first kappa shape index (κ1) is 10.4. The van der Waals surface area contributed by atoms with Crippen molar-refractivity contribution in [1.82, 2.24) is 5.59 Å². The van der Waals surface area contributed by atoms with Crippen LogP contribution in [-0.4, -0.2) is 8.42 Å². The molecule has 0 unspecified atom stereocenters. The fourth-order valence-corrected chi connectivity index (χ4v) is 1.78. The maximum atomic E-state index is 10.9. The van der Waals surface area contributed by atoms with Gasteiger partial charge in [-0.3, -0.25) is 0 Å². The van der Waals surface area contributed by atoms with Crippen LogP contribution in [0.2, 0.25) is 0 Å². The summed E-state index contributed by atoms with van der Waals surface area (Å²) >= 11 is 0. The van der Waals surface area contributed by atoms with Gasteiger partial charge in [0.25, 0.3) is 0 Å². The van der Waals surface area contributed by atoms with Gasteiger partial charge in [0.05, 0.1) is 5.69 Å². The summed E-state index contributed by atoms with van der Waals surface area (Å²) in [7, 11) is -3.95. The molecular weight excluding hydrogens is 220 g/mol. The fourth-order valence-electron chi connectivity index (χ4n) is 1.30. The van der Waals surface area contributed by atoms with E-state index >= 15 is 0 Å². The van der Waals surface area contributed by atoms with Crippen molar-refractivity contribution in [2.45, 2.75) is 13.3 Å². The van der Waals surface area contributed by atoms with Gasteiger partial charge in [-0.05, 0) is 18.1 Å². The summed E-state index contributed by atoms with van der Waals surface area (Å²) < 4.78 is 30.5. The Hall–Kier alpha value is -1.15. The van der Waals surface area contributed by atoms with Crippen molar-refractivity contribution >= 4 is 16.1 Å². The minimum Gasteiger partial charge on any atom is -0.165 e. The van der Waals surface area contributed by atoms with Gasteiger partial charge in [0.1, 0.15) is 0 Å². The molecule has 0 bridgehead atoms. The van der Waals surface area contributed by atoms with Crippen molar-refractivity contribution in [2.24, 2.45) is 0 Å². The zero-order valence-corrected chi connectivity index (χ0v) is 8.82. The molecule has 0 radical (unpaired) electrons. The minimum atomic E-state index is -3.95. The first-order valence-corrected chi connectivity index (χ1v) is 5.72. The molecule has 1 aromatic rings. The Balaban J connectivity index is 2.31. The molecule has 1 heterocycles. The molecule has 0 aromatic heterocycles. The molecule has 15 heavy (non-hydrogen) atoms. The molecule has 1 N–H and O–H groups in total. The molecule has 2 rings (SSSR count). The van der Waals surface area contributed by atoms with Gasteiger partial charge in [-0.25, -0.2) is 0 Å². The predicted molar refractivity (Wildman–Crippen MR) is 52.5 cm³/mol. The molecule has 1 aliphatic rings. The van der Waals surface area contributed by atoms with E-state index in [0.29, 0.717) is 5.69 Å². The van der Waals surface area contributed by atoms with Gasteiger partial charge in [0.15, 0.2) is 0 Å². The molecule has 0 atom stereocenters. The minimum absolute atomic E-state index is 0.612. The van der Waals surface area contributed by atoms with Crippen molar-refractivity contribution in [1.29, 1.82) is 0 Å². The Bertz CT molecular complexity index is 459. The highest BCUT2D eigenvalue weighted by Crippen LogP contribution is 2.23. The number of aryl methyl sites for hydroxylation is 1. The molecule has 7 heteroatoms. The van der Waals surface area contributed by atoms with E-state index in [1.165, 1.54) is 0 Å². The second-order valence-electron chi connectivity index (χ2n) is 2.93. The van der Waals surface area contributed by atoms with Gasteiger partial charge in [0, 0.05) is 0 Å². The second-order valence-corrected chi connectivity index (χ2v) is 4.07. The number of anilines is 1. The summed E-state index contributed by atoms with van der Waals surface area (Å²) in [5.41, 5.74) is 3.72. The molecule has 6 nitrogen and oxygen atoms in total. The van der Waals surface area contributed by atoms with Crippen molar-refractivity contribution in [3.63, 3.8) is 0 Å². The first-order valence-electron chi connectivity index (χ1n) is 4.39. The van der Waals surface area contributed by atoms with E-state index in [-0.39, 0.29) is 0 Å². The number of nitrogens with zero attached hydrogens (tertiary/aromatic N) is 1. The standard InChI is InChI=1S/C8H10N2O4S/c1-2-7-5-3-4-6-8(7)10-9-13-15(11,12)14-10/h3-6,9H,2H2,1H3. The van der Waals surface area contributed by atoms with E-state index < -0.39 is 10.4 Å². The third-order valence-electron chi connectivity index (χ3n) is 1.98. The lowest BCUT2D eigenvalue weighted by Crippen LogP contribution is -2.29. The third-order valence-corrected chi connectivity index (χ3v) is 2.59. The molecule has 1 aromatic carbocycles. The van der Waals surface area contributed by atoms with E-state index in [9.17, 15) is 8.42 Å². The number of hydrogen-bond acceptors (Lipinski definition) is 6. The maximum absolute atomic E-state index is 10.9. The highest BCUT2D eigenvalue weighted by molar-refractivity contribution is 7.82. The van der Waals surface area contributed by atoms with Crippen LogP contribution in [0.4, 0.5) is 5.69 Å². The van der Waals surface area contributed by atoms with Gasteiger partial charge in [-0.2, -0.15) is 8.42 Å². The van der Waals surface area contributed by atoms with Crippen LogP contribution in [0.5, 0.6) is 0 Å². The van der Waals surface area contributed by atoms with Crippen LogP contribution >= 0.6 is 0 Å². The van der Waals surface area contributed by atoms with E-state index in [4.69, 9.17) is 0 Å². The molecule has 0 aliphatic carbocycles. The normalized spacial score (nSPS) is 19.4. The topological polar surface area (TPSA) is 67.9 Å². The van der Waals surface area contributed by atoms with Gasteiger partial charge in [0.2, 0.25) is 0 Å². The Labute approximate surface area is 87.6 Å². The van der Waals surface area contributed by atoms with Crippen molar-refractivity contribution in [3.05, 3.63) is 29.8 Å². The highest BCUT2D eigenvalue weighted by Gasteiger charge is 2.29. The zero-order chi connectivity index (χ0) is 10.9. The average Bonchev–Trinajstić information content (AvgIpc) is 2.59. The Morgan fingerprint density at radius 2 is 2.13 bits per heavy atom. The largest absolute Gasteiger partial charge is 0.440 e. The first-order chi connectivity index (χ1) is 7.12. The number of hydrogen-bond donors (Lipinski definition) is 1. The molecule has 1 fully saturated rings.